The zero-order valence-electron chi connectivity index (χ0n) is 6.88. The number of carbonyl (C=O) groups excluding carboxylic acids is 1. The average Bonchev–Trinajstić information content (AvgIpc) is 2.70. The normalized spacial score (nSPS) is 10.2. The predicted molar refractivity (Wildman–Crippen MR) is 51.6 cm³/mol. The van der Waals surface area contributed by atoms with Gasteiger partial charge in [-0.15, -0.1) is 0 Å². The summed E-state index contributed by atoms with van der Waals surface area (Å²) in [7, 11) is 0. The first-order valence-corrected chi connectivity index (χ1v) is 4.83. The van der Waals surface area contributed by atoms with Crippen LogP contribution in [-0.2, 0) is 11.3 Å². The van der Waals surface area contributed by atoms with Crippen LogP contribution in [0.3, 0.4) is 0 Å². The van der Waals surface area contributed by atoms with Gasteiger partial charge in [0.25, 0.3) is 0 Å². The van der Waals surface area contributed by atoms with E-state index in [0.29, 0.717) is 6.54 Å². The van der Waals surface area contributed by atoms with Gasteiger partial charge in [0.2, 0.25) is 0 Å². The molecule has 0 fully saturated rings. The maximum Gasteiger partial charge on any atom is 0.141 e. The fourth-order valence-electron chi connectivity index (χ4n) is 1.12. The van der Waals surface area contributed by atoms with Crippen molar-refractivity contribution in [3.63, 3.8) is 0 Å². The van der Waals surface area contributed by atoms with Crippen molar-refractivity contribution in [1.29, 1.82) is 0 Å². The molecule has 2 rings (SSSR count). The molecule has 4 heteroatoms. The third-order valence-electron chi connectivity index (χ3n) is 1.75. The van der Waals surface area contributed by atoms with E-state index in [0.717, 1.165) is 17.4 Å². The smallest absolute Gasteiger partial charge is 0.141 e. The maximum absolute atomic E-state index is 10.2. The molecule has 0 bridgehead atoms. The van der Waals surface area contributed by atoms with Crippen LogP contribution in [0.15, 0.2) is 29.2 Å². The van der Waals surface area contributed by atoms with Crippen LogP contribution in [0.4, 0.5) is 0 Å². The molecule has 0 amide bonds. The Morgan fingerprint density at radius 3 is 3.15 bits per heavy atom. The van der Waals surface area contributed by atoms with Gasteiger partial charge < -0.3 is 4.79 Å². The number of nitrogens with zero attached hydrogens (tertiary/aromatic N) is 2. The van der Waals surface area contributed by atoms with Crippen molar-refractivity contribution in [1.82, 2.24) is 9.78 Å². The molecule has 0 aromatic carbocycles. The molecule has 0 saturated carbocycles. The van der Waals surface area contributed by atoms with Crippen molar-refractivity contribution in [2.45, 2.75) is 6.54 Å². The van der Waals surface area contributed by atoms with Gasteiger partial charge >= 0.3 is 0 Å². The number of thiophene rings is 1. The molecular formula is C9H8N2OS. The first kappa shape index (κ1) is 8.19. The quantitative estimate of drug-likeness (QED) is 0.695. The van der Waals surface area contributed by atoms with Crippen molar-refractivity contribution < 1.29 is 4.79 Å². The largest absolute Gasteiger partial charge is 0.301 e. The Hall–Kier alpha value is -1.42. The van der Waals surface area contributed by atoms with Gasteiger partial charge in [-0.3, -0.25) is 4.68 Å². The zero-order chi connectivity index (χ0) is 9.10. The van der Waals surface area contributed by atoms with E-state index < -0.39 is 0 Å². The van der Waals surface area contributed by atoms with Crippen molar-refractivity contribution in [2.24, 2.45) is 0 Å². The summed E-state index contributed by atoms with van der Waals surface area (Å²) in [5.74, 6) is 0. The third-order valence-corrected chi connectivity index (χ3v) is 2.43. The molecule has 13 heavy (non-hydrogen) atoms. The minimum atomic E-state index is 0.324. The molecular weight excluding hydrogens is 184 g/mol. The van der Waals surface area contributed by atoms with E-state index >= 15 is 0 Å². The molecule has 66 valence electrons. The summed E-state index contributed by atoms with van der Waals surface area (Å²) in [6, 6.07) is 2.03. The number of aromatic nitrogens is 2. The summed E-state index contributed by atoms with van der Waals surface area (Å²) in [6.07, 6.45) is 4.48. The summed E-state index contributed by atoms with van der Waals surface area (Å²) >= 11 is 1.65. The van der Waals surface area contributed by atoms with E-state index in [2.05, 4.69) is 10.5 Å². The number of carbonyl (C=O) groups is 1. The van der Waals surface area contributed by atoms with Crippen LogP contribution in [0.1, 0.15) is 0 Å². The van der Waals surface area contributed by atoms with Gasteiger partial charge in [-0.2, -0.15) is 16.4 Å². The lowest BCUT2D eigenvalue weighted by molar-refractivity contribution is -0.108. The molecule has 0 atom stereocenters. The summed E-state index contributed by atoms with van der Waals surface area (Å²) in [5.41, 5.74) is 2.21. The second kappa shape index (κ2) is 3.53. The van der Waals surface area contributed by atoms with E-state index in [9.17, 15) is 4.79 Å². The predicted octanol–water partition coefficient (Wildman–Crippen LogP) is 1.81. The van der Waals surface area contributed by atoms with Gasteiger partial charge in [-0.05, 0) is 22.4 Å². The molecule has 0 aliphatic rings. The van der Waals surface area contributed by atoms with Crippen LogP contribution >= 0.6 is 11.3 Å². The SMILES string of the molecule is O=CCn1cc(-c2ccsc2)cn1. The second-order valence-corrected chi connectivity index (χ2v) is 3.41. The molecule has 0 saturated heterocycles. The van der Waals surface area contributed by atoms with E-state index in [-0.39, 0.29) is 0 Å². The summed E-state index contributed by atoms with van der Waals surface area (Å²) in [6.45, 7) is 0.324. The lowest BCUT2D eigenvalue weighted by Crippen LogP contribution is -1.97. The van der Waals surface area contributed by atoms with Crippen LogP contribution in [0.25, 0.3) is 11.1 Å². The highest BCUT2D eigenvalue weighted by atomic mass is 32.1. The minimum Gasteiger partial charge on any atom is -0.301 e. The number of hydrogen-bond donors (Lipinski definition) is 0. The summed E-state index contributed by atoms with van der Waals surface area (Å²) in [5, 5.41) is 8.13. The fourth-order valence-corrected chi connectivity index (χ4v) is 1.78. The average molecular weight is 192 g/mol. The summed E-state index contributed by atoms with van der Waals surface area (Å²) in [4.78, 5) is 10.2. The zero-order valence-corrected chi connectivity index (χ0v) is 7.70. The Morgan fingerprint density at radius 1 is 1.54 bits per heavy atom. The highest BCUT2D eigenvalue weighted by molar-refractivity contribution is 7.08. The van der Waals surface area contributed by atoms with E-state index in [1.54, 1.807) is 22.2 Å². The molecule has 2 aromatic heterocycles. The van der Waals surface area contributed by atoms with Crippen LogP contribution in [-0.4, -0.2) is 16.1 Å². The van der Waals surface area contributed by atoms with Gasteiger partial charge in [0.05, 0.1) is 12.7 Å². The monoisotopic (exact) mass is 192 g/mol. The first-order chi connectivity index (χ1) is 6.40. The highest BCUT2D eigenvalue weighted by Gasteiger charge is 2.00. The second-order valence-electron chi connectivity index (χ2n) is 2.63. The van der Waals surface area contributed by atoms with Crippen molar-refractivity contribution in [3.05, 3.63) is 29.2 Å². The van der Waals surface area contributed by atoms with Crippen LogP contribution < -0.4 is 0 Å². The molecule has 0 spiro atoms. The molecule has 0 aliphatic carbocycles. The molecule has 0 aliphatic heterocycles. The van der Waals surface area contributed by atoms with E-state index in [1.165, 1.54) is 0 Å². The number of aldehydes is 1. The molecule has 0 radical (unpaired) electrons. The fraction of sp³-hybridized carbons (Fsp3) is 0.111. The molecule has 0 unspecified atom stereocenters. The lowest BCUT2D eigenvalue weighted by atomic mass is 10.2. The van der Waals surface area contributed by atoms with Gasteiger partial charge in [0.1, 0.15) is 6.29 Å². The van der Waals surface area contributed by atoms with Gasteiger partial charge in [-0.1, -0.05) is 0 Å². The molecule has 0 N–H and O–H groups in total. The Bertz CT molecular complexity index is 391. The van der Waals surface area contributed by atoms with Crippen LogP contribution in [0, 0.1) is 0 Å². The van der Waals surface area contributed by atoms with Crippen LogP contribution in [0.5, 0.6) is 0 Å². The molecule has 3 nitrogen and oxygen atoms in total. The van der Waals surface area contributed by atoms with E-state index in [1.807, 2.05) is 17.6 Å². The van der Waals surface area contributed by atoms with Crippen LogP contribution in [0.2, 0.25) is 0 Å². The van der Waals surface area contributed by atoms with E-state index in [4.69, 9.17) is 0 Å². The van der Waals surface area contributed by atoms with Gasteiger partial charge in [-0.25, -0.2) is 0 Å². The van der Waals surface area contributed by atoms with Crippen molar-refractivity contribution >= 4 is 17.6 Å². The highest BCUT2D eigenvalue weighted by Crippen LogP contribution is 2.20. The minimum absolute atomic E-state index is 0.324. The van der Waals surface area contributed by atoms with Crippen molar-refractivity contribution in [2.75, 3.05) is 0 Å². The Kier molecular flexibility index (Phi) is 2.23. The lowest BCUT2D eigenvalue weighted by Gasteiger charge is -1.90. The van der Waals surface area contributed by atoms with Gasteiger partial charge in [0.15, 0.2) is 0 Å². The Labute approximate surface area is 79.6 Å². The third kappa shape index (κ3) is 1.67. The van der Waals surface area contributed by atoms with Crippen molar-refractivity contribution in [3.8, 4) is 11.1 Å². The Morgan fingerprint density at radius 2 is 2.46 bits per heavy atom. The maximum atomic E-state index is 10.2. The standard InChI is InChI=1S/C9H8N2OS/c12-3-2-11-6-9(5-10-11)8-1-4-13-7-8/h1,3-7H,2H2. The molecule has 2 aromatic rings. The summed E-state index contributed by atoms with van der Waals surface area (Å²) < 4.78 is 1.62. The topological polar surface area (TPSA) is 34.9 Å². The number of hydrogen-bond acceptors (Lipinski definition) is 3. The molecule has 2 heterocycles. The number of rotatable bonds is 3. The van der Waals surface area contributed by atoms with Gasteiger partial charge in [0, 0.05) is 11.8 Å². The Balaban J connectivity index is 2.28. The first-order valence-electron chi connectivity index (χ1n) is 3.89.